The Bertz CT molecular complexity index is 918. The second-order valence-electron chi connectivity index (χ2n) is 5.63. The minimum atomic E-state index is -0.222. The highest BCUT2D eigenvalue weighted by atomic mass is 35.5. The largest absolute Gasteiger partial charge is 0.497 e. The highest BCUT2D eigenvalue weighted by molar-refractivity contribution is 6.35. The number of halogens is 1. The molecule has 0 aromatic heterocycles. The van der Waals surface area contributed by atoms with Gasteiger partial charge in [0.2, 0.25) is 0 Å². The Labute approximate surface area is 157 Å². The zero-order valence-electron chi connectivity index (χ0n) is 14.3. The van der Waals surface area contributed by atoms with Crippen LogP contribution in [0, 0.1) is 0 Å². The zero-order valence-corrected chi connectivity index (χ0v) is 15.0. The summed E-state index contributed by atoms with van der Waals surface area (Å²) in [6, 6.07) is 24.2. The molecule has 4 heteroatoms. The number of amides is 1. The first-order valence-corrected chi connectivity index (χ1v) is 8.52. The van der Waals surface area contributed by atoms with Crippen LogP contribution in [-0.4, -0.2) is 13.0 Å². The summed E-state index contributed by atoms with van der Waals surface area (Å²) in [5, 5.41) is 3.39. The number of ether oxygens (including phenoxy) is 1. The third-order valence-corrected chi connectivity index (χ3v) is 4.21. The molecule has 0 aliphatic rings. The van der Waals surface area contributed by atoms with Gasteiger partial charge in [-0.2, -0.15) is 0 Å². The number of benzene rings is 3. The average molecular weight is 364 g/mol. The lowest BCUT2D eigenvalue weighted by Crippen LogP contribution is -2.14. The van der Waals surface area contributed by atoms with Gasteiger partial charge in [-0.05, 0) is 41.5 Å². The molecule has 3 aromatic rings. The van der Waals surface area contributed by atoms with E-state index < -0.39 is 0 Å². The summed E-state index contributed by atoms with van der Waals surface area (Å²) in [7, 11) is 1.62. The quantitative estimate of drug-likeness (QED) is 0.478. The molecule has 0 bridgehead atoms. The van der Waals surface area contributed by atoms with Crippen LogP contribution in [0.2, 0.25) is 5.02 Å². The minimum absolute atomic E-state index is 0.222. The molecule has 0 radical (unpaired) electrons. The van der Waals surface area contributed by atoms with Crippen LogP contribution in [0.4, 0.5) is 5.69 Å². The summed E-state index contributed by atoms with van der Waals surface area (Å²) in [6.07, 6.45) is 1.85. The maximum Gasteiger partial charge on any atom is 0.256 e. The van der Waals surface area contributed by atoms with Crippen molar-refractivity contribution in [3.63, 3.8) is 0 Å². The number of methoxy groups -OCH3 is 1. The van der Waals surface area contributed by atoms with E-state index >= 15 is 0 Å². The number of rotatable bonds is 5. The van der Waals surface area contributed by atoms with Gasteiger partial charge in [0.1, 0.15) is 5.75 Å². The van der Waals surface area contributed by atoms with Gasteiger partial charge in [-0.1, -0.05) is 66.2 Å². The van der Waals surface area contributed by atoms with Crippen molar-refractivity contribution in [2.24, 2.45) is 0 Å². The van der Waals surface area contributed by atoms with Gasteiger partial charge in [0.05, 0.1) is 17.8 Å². The van der Waals surface area contributed by atoms with Crippen molar-refractivity contribution in [1.82, 2.24) is 0 Å². The summed E-state index contributed by atoms with van der Waals surface area (Å²) in [4.78, 5) is 12.9. The van der Waals surface area contributed by atoms with E-state index in [1.807, 2.05) is 72.8 Å². The lowest BCUT2D eigenvalue weighted by atomic mass is 10.0. The first-order chi connectivity index (χ1) is 12.7. The van der Waals surface area contributed by atoms with Crippen LogP contribution in [-0.2, 0) is 4.79 Å². The maximum atomic E-state index is 12.9. The fraction of sp³-hybridized carbons (Fsp3) is 0.0455. The monoisotopic (exact) mass is 363 g/mol. The number of hydrogen-bond donors (Lipinski definition) is 1. The number of para-hydroxylation sites is 1. The summed E-state index contributed by atoms with van der Waals surface area (Å²) in [5.41, 5.74) is 2.86. The second kappa shape index (κ2) is 8.37. The van der Waals surface area contributed by atoms with Gasteiger partial charge in [0.15, 0.2) is 0 Å². The van der Waals surface area contributed by atoms with E-state index in [0.717, 1.165) is 16.9 Å². The molecule has 0 atom stereocenters. The molecule has 0 aliphatic carbocycles. The van der Waals surface area contributed by atoms with E-state index in [2.05, 4.69) is 5.32 Å². The van der Waals surface area contributed by atoms with Crippen LogP contribution in [0.3, 0.4) is 0 Å². The Balaban J connectivity index is 1.96. The molecule has 0 fully saturated rings. The molecule has 0 spiro atoms. The number of nitrogens with one attached hydrogen (secondary N) is 1. The lowest BCUT2D eigenvalue weighted by Gasteiger charge is -2.11. The number of carbonyl (C=O) groups excluding carboxylic acids is 1. The van der Waals surface area contributed by atoms with E-state index in [1.54, 1.807) is 19.2 Å². The number of anilines is 1. The molecule has 1 N–H and O–H groups in total. The maximum absolute atomic E-state index is 12.9. The Hall–Kier alpha value is -3.04. The predicted octanol–water partition coefficient (Wildman–Crippen LogP) is 5.53. The standard InChI is InChI=1S/C22H18ClNO2/c1-26-18-13-11-16(12-14-18)15-19(17-7-3-2-4-8-17)22(25)24-21-10-6-5-9-20(21)23/h2-15H,1H3,(H,24,25). The normalized spacial score (nSPS) is 11.1. The van der Waals surface area contributed by atoms with E-state index in [4.69, 9.17) is 16.3 Å². The summed E-state index contributed by atoms with van der Waals surface area (Å²) >= 11 is 6.16. The summed E-state index contributed by atoms with van der Waals surface area (Å²) < 4.78 is 5.18. The van der Waals surface area contributed by atoms with Crippen LogP contribution < -0.4 is 10.1 Å². The van der Waals surface area contributed by atoms with Crippen LogP contribution in [0.1, 0.15) is 11.1 Å². The van der Waals surface area contributed by atoms with Crippen molar-refractivity contribution in [1.29, 1.82) is 0 Å². The van der Waals surface area contributed by atoms with E-state index in [1.165, 1.54) is 0 Å². The highest BCUT2D eigenvalue weighted by Gasteiger charge is 2.13. The minimum Gasteiger partial charge on any atom is -0.497 e. The first kappa shape index (κ1) is 17.8. The van der Waals surface area contributed by atoms with Gasteiger partial charge < -0.3 is 10.1 Å². The van der Waals surface area contributed by atoms with Gasteiger partial charge in [-0.3, -0.25) is 4.79 Å². The Morgan fingerprint density at radius 1 is 0.923 bits per heavy atom. The third kappa shape index (κ3) is 4.32. The van der Waals surface area contributed by atoms with Crippen LogP contribution in [0.5, 0.6) is 5.75 Å². The Morgan fingerprint density at radius 3 is 2.23 bits per heavy atom. The van der Waals surface area contributed by atoms with Crippen molar-refractivity contribution in [3.8, 4) is 5.75 Å². The van der Waals surface area contributed by atoms with Gasteiger partial charge in [0, 0.05) is 5.57 Å². The molecule has 0 aliphatic heterocycles. The SMILES string of the molecule is COc1ccc(C=C(C(=O)Nc2ccccc2Cl)c2ccccc2)cc1. The zero-order chi connectivity index (χ0) is 18.4. The highest BCUT2D eigenvalue weighted by Crippen LogP contribution is 2.25. The smallest absolute Gasteiger partial charge is 0.256 e. The predicted molar refractivity (Wildman–Crippen MR) is 107 cm³/mol. The van der Waals surface area contributed by atoms with Gasteiger partial charge >= 0.3 is 0 Å². The topological polar surface area (TPSA) is 38.3 Å². The molecule has 26 heavy (non-hydrogen) atoms. The molecule has 3 nitrogen and oxygen atoms in total. The van der Waals surface area contributed by atoms with Crippen molar-refractivity contribution >= 4 is 34.8 Å². The fourth-order valence-corrected chi connectivity index (χ4v) is 2.70. The van der Waals surface area contributed by atoms with E-state index in [0.29, 0.717) is 16.3 Å². The molecule has 0 saturated heterocycles. The summed E-state index contributed by atoms with van der Waals surface area (Å²) in [6.45, 7) is 0. The lowest BCUT2D eigenvalue weighted by molar-refractivity contribution is -0.111. The van der Waals surface area contributed by atoms with Crippen LogP contribution in [0.25, 0.3) is 11.6 Å². The fourth-order valence-electron chi connectivity index (χ4n) is 2.52. The first-order valence-electron chi connectivity index (χ1n) is 8.14. The Morgan fingerprint density at radius 2 is 1.58 bits per heavy atom. The second-order valence-corrected chi connectivity index (χ2v) is 6.04. The molecular weight excluding hydrogens is 346 g/mol. The third-order valence-electron chi connectivity index (χ3n) is 3.88. The Kier molecular flexibility index (Phi) is 5.72. The molecule has 0 unspecified atom stereocenters. The number of carbonyl (C=O) groups is 1. The summed E-state index contributed by atoms with van der Waals surface area (Å²) in [5.74, 6) is 0.545. The molecular formula is C22H18ClNO2. The van der Waals surface area contributed by atoms with Crippen molar-refractivity contribution in [3.05, 3.63) is 95.0 Å². The van der Waals surface area contributed by atoms with Gasteiger partial charge in [0.25, 0.3) is 5.91 Å². The van der Waals surface area contributed by atoms with Crippen LogP contribution in [0.15, 0.2) is 78.9 Å². The average Bonchev–Trinajstić information content (AvgIpc) is 2.69. The molecule has 1 amide bonds. The van der Waals surface area contributed by atoms with E-state index in [9.17, 15) is 4.79 Å². The van der Waals surface area contributed by atoms with Gasteiger partial charge in [-0.25, -0.2) is 0 Å². The van der Waals surface area contributed by atoms with Crippen LogP contribution >= 0.6 is 11.6 Å². The van der Waals surface area contributed by atoms with Crippen molar-refractivity contribution in [2.75, 3.05) is 12.4 Å². The van der Waals surface area contributed by atoms with Crippen molar-refractivity contribution in [2.45, 2.75) is 0 Å². The van der Waals surface area contributed by atoms with Crippen molar-refractivity contribution < 1.29 is 9.53 Å². The molecule has 3 aromatic carbocycles. The molecule has 0 saturated carbocycles. The van der Waals surface area contributed by atoms with E-state index in [-0.39, 0.29) is 5.91 Å². The number of hydrogen-bond acceptors (Lipinski definition) is 2. The molecule has 3 rings (SSSR count). The molecule has 0 heterocycles. The molecule has 130 valence electrons. The van der Waals surface area contributed by atoms with Gasteiger partial charge in [-0.15, -0.1) is 0 Å².